The van der Waals surface area contributed by atoms with E-state index in [1.807, 2.05) is 13.8 Å². The van der Waals surface area contributed by atoms with Gasteiger partial charge in [-0.3, -0.25) is 5.32 Å². The minimum Gasteiger partial charge on any atom is -0.358 e. The predicted octanol–water partition coefficient (Wildman–Crippen LogP) is 1.14. The molecule has 0 saturated heterocycles. The lowest BCUT2D eigenvalue weighted by molar-refractivity contribution is 0.0972. The molecule has 0 aliphatic heterocycles. The third kappa shape index (κ3) is 4.09. The monoisotopic (exact) mass is 116 g/mol. The van der Waals surface area contributed by atoms with Crippen molar-refractivity contribution in [1.29, 1.82) is 0 Å². The first-order valence-electron chi connectivity index (χ1n) is 2.98. The van der Waals surface area contributed by atoms with Crippen molar-refractivity contribution in [3.05, 3.63) is 6.61 Å². The van der Waals surface area contributed by atoms with Crippen molar-refractivity contribution in [2.45, 2.75) is 27.0 Å². The fourth-order valence-electron chi connectivity index (χ4n) is 0.540. The quantitative estimate of drug-likeness (QED) is 0.556. The second kappa shape index (κ2) is 5.06. The molecule has 49 valence electrons. The van der Waals surface area contributed by atoms with E-state index in [2.05, 4.69) is 12.2 Å². The molecule has 0 aliphatic rings. The molecular formula is C6H14NO. The standard InChI is InChI=1S/C6H14NO/c1-4-7-6(3)8-5-2/h5-7H,4H2,1-3H3. The molecule has 0 saturated carbocycles. The molecular weight excluding hydrogens is 102 g/mol. The van der Waals surface area contributed by atoms with Crippen LogP contribution in [0.15, 0.2) is 0 Å². The van der Waals surface area contributed by atoms with E-state index in [-0.39, 0.29) is 6.23 Å². The smallest absolute Gasteiger partial charge is 0.105 e. The highest BCUT2D eigenvalue weighted by molar-refractivity contribution is 4.46. The lowest BCUT2D eigenvalue weighted by atomic mass is 10.6. The van der Waals surface area contributed by atoms with E-state index in [4.69, 9.17) is 4.74 Å². The number of rotatable bonds is 4. The van der Waals surface area contributed by atoms with E-state index in [1.165, 1.54) is 0 Å². The Balaban J connectivity index is 2.92. The van der Waals surface area contributed by atoms with Crippen LogP contribution in [-0.4, -0.2) is 12.8 Å². The zero-order valence-corrected chi connectivity index (χ0v) is 5.77. The van der Waals surface area contributed by atoms with Crippen molar-refractivity contribution < 1.29 is 4.74 Å². The number of hydrogen-bond acceptors (Lipinski definition) is 2. The molecule has 2 heteroatoms. The number of nitrogens with one attached hydrogen (secondary N) is 1. The van der Waals surface area contributed by atoms with E-state index < -0.39 is 0 Å². The maximum Gasteiger partial charge on any atom is 0.105 e. The molecule has 0 heterocycles. The third-order valence-electron chi connectivity index (χ3n) is 0.832. The van der Waals surface area contributed by atoms with Crippen LogP contribution in [-0.2, 0) is 4.74 Å². The van der Waals surface area contributed by atoms with Crippen molar-refractivity contribution in [3.8, 4) is 0 Å². The molecule has 2 nitrogen and oxygen atoms in total. The van der Waals surface area contributed by atoms with E-state index in [1.54, 1.807) is 6.61 Å². The Labute approximate surface area is 51.2 Å². The van der Waals surface area contributed by atoms with E-state index in [0.717, 1.165) is 6.54 Å². The van der Waals surface area contributed by atoms with Crippen molar-refractivity contribution >= 4 is 0 Å². The summed E-state index contributed by atoms with van der Waals surface area (Å²) >= 11 is 0. The van der Waals surface area contributed by atoms with Crippen LogP contribution >= 0.6 is 0 Å². The molecule has 0 bridgehead atoms. The summed E-state index contributed by atoms with van der Waals surface area (Å²) in [5.74, 6) is 0. The van der Waals surface area contributed by atoms with Crippen molar-refractivity contribution in [2.24, 2.45) is 0 Å². The molecule has 0 amide bonds. The highest BCUT2D eigenvalue weighted by Crippen LogP contribution is 1.85. The number of ether oxygens (including phenoxy) is 1. The molecule has 0 aromatic heterocycles. The molecule has 1 unspecified atom stereocenters. The Bertz CT molecular complexity index is 41.8. The van der Waals surface area contributed by atoms with Crippen molar-refractivity contribution in [3.63, 3.8) is 0 Å². The molecule has 0 spiro atoms. The lowest BCUT2D eigenvalue weighted by Gasteiger charge is -2.10. The summed E-state index contributed by atoms with van der Waals surface area (Å²) in [6, 6.07) is 0. The average Bonchev–Trinajstić information content (AvgIpc) is 1.68. The first-order valence-corrected chi connectivity index (χ1v) is 2.98. The minimum atomic E-state index is 0.157. The van der Waals surface area contributed by atoms with Gasteiger partial charge in [-0.05, 0) is 20.4 Å². The van der Waals surface area contributed by atoms with Crippen molar-refractivity contribution in [2.75, 3.05) is 6.54 Å². The molecule has 8 heavy (non-hydrogen) atoms. The van der Waals surface area contributed by atoms with Gasteiger partial charge in [0.1, 0.15) is 6.23 Å². The highest BCUT2D eigenvalue weighted by Gasteiger charge is 1.93. The van der Waals surface area contributed by atoms with E-state index in [0.29, 0.717) is 0 Å². The highest BCUT2D eigenvalue weighted by atomic mass is 16.5. The van der Waals surface area contributed by atoms with Crippen LogP contribution in [0.4, 0.5) is 0 Å². The molecule has 0 fully saturated rings. The second-order valence-corrected chi connectivity index (χ2v) is 1.57. The molecule has 0 rings (SSSR count). The number of hydrogen-bond donors (Lipinski definition) is 1. The van der Waals surface area contributed by atoms with Gasteiger partial charge in [0.2, 0.25) is 0 Å². The molecule has 0 aliphatic carbocycles. The largest absolute Gasteiger partial charge is 0.358 e. The van der Waals surface area contributed by atoms with Gasteiger partial charge in [-0.25, -0.2) is 0 Å². The van der Waals surface area contributed by atoms with Gasteiger partial charge in [0, 0.05) is 0 Å². The van der Waals surface area contributed by atoms with Crippen LogP contribution in [0.3, 0.4) is 0 Å². The Kier molecular flexibility index (Phi) is 5.01. The van der Waals surface area contributed by atoms with Crippen LogP contribution < -0.4 is 5.32 Å². The van der Waals surface area contributed by atoms with Gasteiger partial charge in [-0.1, -0.05) is 6.92 Å². The topological polar surface area (TPSA) is 21.3 Å². The Hall–Kier alpha value is -0.0800. The summed E-state index contributed by atoms with van der Waals surface area (Å²) in [6.45, 7) is 8.54. The van der Waals surface area contributed by atoms with Gasteiger partial charge >= 0.3 is 0 Å². The summed E-state index contributed by atoms with van der Waals surface area (Å²) in [7, 11) is 0. The maximum absolute atomic E-state index is 5.05. The summed E-state index contributed by atoms with van der Waals surface area (Å²) in [5, 5.41) is 3.09. The molecule has 0 aromatic rings. The van der Waals surface area contributed by atoms with E-state index in [9.17, 15) is 0 Å². The van der Waals surface area contributed by atoms with Crippen LogP contribution in [0.2, 0.25) is 0 Å². The first kappa shape index (κ1) is 7.92. The third-order valence-corrected chi connectivity index (χ3v) is 0.832. The van der Waals surface area contributed by atoms with Crippen LogP contribution in [0.25, 0.3) is 0 Å². The van der Waals surface area contributed by atoms with Gasteiger partial charge in [-0.15, -0.1) is 0 Å². The summed E-state index contributed by atoms with van der Waals surface area (Å²) < 4.78 is 5.05. The normalized spacial score (nSPS) is 13.9. The Morgan fingerprint density at radius 1 is 1.75 bits per heavy atom. The molecule has 1 radical (unpaired) electrons. The summed E-state index contributed by atoms with van der Waals surface area (Å²) in [6.07, 6.45) is 0.157. The average molecular weight is 116 g/mol. The maximum atomic E-state index is 5.05. The molecule has 1 N–H and O–H groups in total. The van der Waals surface area contributed by atoms with Gasteiger partial charge in [-0.2, -0.15) is 0 Å². The van der Waals surface area contributed by atoms with E-state index >= 15 is 0 Å². The van der Waals surface area contributed by atoms with Gasteiger partial charge in [0.05, 0.1) is 6.61 Å². The zero-order chi connectivity index (χ0) is 6.41. The molecule has 1 atom stereocenters. The SMILES string of the molecule is C[CH]OC(C)NCC. The van der Waals surface area contributed by atoms with Crippen LogP contribution in [0, 0.1) is 6.61 Å². The minimum absolute atomic E-state index is 0.157. The van der Waals surface area contributed by atoms with Crippen molar-refractivity contribution in [1.82, 2.24) is 5.32 Å². The van der Waals surface area contributed by atoms with Crippen LogP contribution in [0.1, 0.15) is 20.8 Å². The van der Waals surface area contributed by atoms with Gasteiger partial charge < -0.3 is 4.74 Å². The fourth-order valence-corrected chi connectivity index (χ4v) is 0.540. The predicted molar refractivity (Wildman–Crippen MR) is 34.2 cm³/mol. The second-order valence-electron chi connectivity index (χ2n) is 1.57. The Morgan fingerprint density at radius 3 is 2.75 bits per heavy atom. The first-order chi connectivity index (χ1) is 3.81. The van der Waals surface area contributed by atoms with Crippen LogP contribution in [0.5, 0.6) is 0 Å². The lowest BCUT2D eigenvalue weighted by Crippen LogP contribution is -2.27. The summed E-state index contributed by atoms with van der Waals surface area (Å²) in [5.41, 5.74) is 0. The zero-order valence-electron chi connectivity index (χ0n) is 5.77. The van der Waals surface area contributed by atoms with Gasteiger partial charge in [0.25, 0.3) is 0 Å². The van der Waals surface area contributed by atoms with Gasteiger partial charge in [0.15, 0.2) is 0 Å². The fraction of sp³-hybridized carbons (Fsp3) is 0.833. The summed E-state index contributed by atoms with van der Waals surface area (Å²) in [4.78, 5) is 0. The molecule has 0 aromatic carbocycles. The Morgan fingerprint density at radius 2 is 2.38 bits per heavy atom.